The molecule has 1 heterocycles. The van der Waals surface area contributed by atoms with Crippen molar-refractivity contribution in [1.29, 1.82) is 5.41 Å². The average molecular weight is 269 g/mol. The molecule has 3 N–H and O–H groups in total. The molecule has 0 atom stereocenters. The van der Waals surface area contributed by atoms with Crippen LogP contribution in [0, 0.1) is 19.3 Å². The van der Waals surface area contributed by atoms with Crippen molar-refractivity contribution in [2.45, 2.75) is 27.2 Å². The number of aromatic nitrogens is 1. The molecular formula is C16H19N3O. The lowest BCUT2D eigenvalue weighted by Gasteiger charge is -2.12. The molecule has 0 unspecified atom stereocenters. The van der Waals surface area contributed by atoms with Gasteiger partial charge in [-0.1, -0.05) is 6.92 Å². The zero-order chi connectivity index (χ0) is 14.7. The average Bonchev–Trinajstić information content (AvgIpc) is 2.40. The second-order valence-electron chi connectivity index (χ2n) is 4.74. The summed E-state index contributed by atoms with van der Waals surface area (Å²) in [6, 6.07) is 9.39. The number of nitrogens with two attached hydrogens (primary N) is 1. The first-order valence-corrected chi connectivity index (χ1v) is 6.60. The van der Waals surface area contributed by atoms with Gasteiger partial charge in [-0.25, -0.2) is 0 Å². The van der Waals surface area contributed by atoms with Gasteiger partial charge in [-0.05, 0) is 56.2 Å². The van der Waals surface area contributed by atoms with Crippen molar-refractivity contribution >= 4 is 5.84 Å². The van der Waals surface area contributed by atoms with Crippen LogP contribution in [0.4, 0.5) is 0 Å². The first-order valence-electron chi connectivity index (χ1n) is 6.60. The number of nitrogens with one attached hydrogen (secondary N) is 1. The summed E-state index contributed by atoms with van der Waals surface area (Å²) < 4.78 is 5.90. The molecule has 1 aromatic carbocycles. The molecule has 20 heavy (non-hydrogen) atoms. The molecule has 2 aromatic rings. The maximum absolute atomic E-state index is 7.48. The molecule has 0 amide bonds. The lowest BCUT2D eigenvalue weighted by molar-refractivity contribution is 0.472. The van der Waals surface area contributed by atoms with Crippen LogP contribution in [0.5, 0.6) is 11.5 Å². The predicted octanol–water partition coefficient (Wildman–Crippen LogP) is 3.34. The minimum atomic E-state index is 0.0697. The van der Waals surface area contributed by atoms with Crippen molar-refractivity contribution in [2.75, 3.05) is 0 Å². The summed E-state index contributed by atoms with van der Waals surface area (Å²) in [5, 5.41) is 7.48. The van der Waals surface area contributed by atoms with Crippen LogP contribution < -0.4 is 10.5 Å². The smallest absolute Gasteiger partial charge is 0.148 e. The lowest BCUT2D eigenvalue weighted by Crippen LogP contribution is -2.12. The van der Waals surface area contributed by atoms with Gasteiger partial charge in [0.2, 0.25) is 0 Å². The molecule has 4 heteroatoms. The minimum absolute atomic E-state index is 0.0697. The molecule has 0 saturated heterocycles. The van der Waals surface area contributed by atoms with Crippen molar-refractivity contribution in [1.82, 2.24) is 4.98 Å². The van der Waals surface area contributed by atoms with E-state index >= 15 is 0 Å². The van der Waals surface area contributed by atoms with Gasteiger partial charge < -0.3 is 10.5 Å². The van der Waals surface area contributed by atoms with E-state index in [4.69, 9.17) is 15.9 Å². The van der Waals surface area contributed by atoms with Crippen molar-refractivity contribution in [3.8, 4) is 11.5 Å². The summed E-state index contributed by atoms with van der Waals surface area (Å²) in [7, 11) is 0. The first kappa shape index (κ1) is 14.1. The van der Waals surface area contributed by atoms with Crippen LogP contribution in [0.2, 0.25) is 0 Å². The van der Waals surface area contributed by atoms with Crippen molar-refractivity contribution in [2.24, 2.45) is 5.73 Å². The Balaban J connectivity index is 2.31. The zero-order valence-electron chi connectivity index (χ0n) is 12.0. The number of hydrogen-bond donors (Lipinski definition) is 2. The molecule has 1 aromatic heterocycles. The molecule has 2 rings (SSSR count). The molecule has 0 spiro atoms. The Morgan fingerprint density at radius 3 is 2.60 bits per heavy atom. The summed E-state index contributed by atoms with van der Waals surface area (Å²) in [5.74, 6) is 1.57. The van der Waals surface area contributed by atoms with E-state index in [1.165, 1.54) is 0 Å². The number of rotatable bonds is 4. The monoisotopic (exact) mass is 269 g/mol. The van der Waals surface area contributed by atoms with Crippen LogP contribution in [0.3, 0.4) is 0 Å². The van der Waals surface area contributed by atoms with Gasteiger partial charge in [0.05, 0.1) is 5.69 Å². The second kappa shape index (κ2) is 5.74. The van der Waals surface area contributed by atoms with E-state index in [2.05, 4.69) is 11.9 Å². The van der Waals surface area contributed by atoms with E-state index in [0.717, 1.165) is 40.4 Å². The summed E-state index contributed by atoms with van der Waals surface area (Å²) in [6.07, 6.45) is 0.821. The van der Waals surface area contributed by atoms with E-state index in [1.807, 2.05) is 38.1 Å². The zero-order valence-corrected chi connectivity index (χ0v) is 12.0. The van der Waals surface area contributed by atoms with Gasteiger partial charge >= 0.3 is 0 Å². The third-order valence-electron chi connectivity index (χ3n) is 3.12. The van der Waals surface area contributed by atoms with Gasteiger partial charge in [0.25, 0.3) is 0 Å². The van der Waals surface area contributed by atoms with Crippen LogP contribution in [0.1, 0.15) is 29.4 Å². The highest BCUT2D eigenvalue weighted by Crippen LogP contribution is 2.26. The number of hydrogen-bond acceptors (Lipinski definition) is 3. The third-order valence-corrected chi connectivity index (χ3v) is 3.12. The highest BCUT2D eigenvalue weighted by Gasteiger charge is 2.08. The summed E-state index contributed by atoms with van der Waals surface area (Å²) in [6.45, 7) is 5.94. The molecule has 0 aliphatic heterocycles. The van der Waals surface area contributed by atoms with Crippen LogP contribution in [0.25, 0.3) is 0 Å². The fraction of sp³-hybridized carbons (Fsp3) is 0.250. The van der Waals surface area contributed by atoms with Crippen molar-refractivity contribution in [3.05, 3.63) is 52.8 Å². The van der Waals surface area contributed by atoms with Gasteiger partial charge in [0.1, 0.15) is 17.3 Å². The summed E-state index contributed by atoms with van der Waals surface area (Å²) in [5.41, 5.74) is 9.09. The van der Waals surface area contributed by atoms with Crippen LogP contribution >= 0.6 is 0 Å². The number of ether oxygens (including phenoxy) is 1. The number of amidine groups is 1. The van der Waals surface area contributed by atoms with Crippen LogP contribution in [0.15, 0.2) is 30.3 Å². The molecular weight excluding hydrogens is 250 g/mol. The Bertz CT molecular complexity index is 650. The predicted molar refractivity (Wildman–Crippen MR) is 80.6 cm³/mol. The second-order valence-corrected chi connectivity index (χ2v) is 4.74. The van der Waals surface area contributed by atoms with Gasteiger partial charge in [-0.2, -0.15) is 0 Å². The fourth-order valence-corrected chi connectivity index (χ4v) is 2.07. The van der Waals surface area contributed by atoms with E-state index < -0.39 is 0 Å². The van der Waals surface area contributed by atoms with Crippen molar-refractivity contribution < 1.29 is 4.74 Å². The fourth-order valence-electron chi connectivity index (χ4n) is 2.07. The van der Waals surface area contributed by atoms with E-state index in [-0.39, 0.29) is 5.84 Å². The van der Waals surface area contributed by atoms with Gasteiger partial charge in [0, 0.05) is 11.3 Å². The SMILES string of the molecule is CCc1nc(C)ccc1Oc1ccc(C(=N)N)c(C)c1. The Labute approximate surface area is 119 Å². The Kier molecular flexibility index (Phi) is 4.03. The first-order chi connectivity index (χ1) is 9.51. The molecule has 4 nitrogen and oxygen atoms in total. The Hall–Kier alpha value is -2.36. The van der Waals surface area contributed by atoms with Crippen LogP contribution in [-0.2, 0) is 6.42 Å². The topological polar surface area (TPSA) is 72.0 Å². The van der Waals surface area contributed by atoms with Gasteiger partial charge in [0.15, 0.2) is 0 Å². The highest BCUT2D eigenvalue weighted by molar-refractivity contribution is 5.96. The molecule has 0 radical (unpaired) electrons. The Morgan fingerprint density at radius 2 is 2.00 bits per heavy atom. The largest absolute Gasteiger partial charge is 0.455 e. The standard InChI is InChI=1S/C16H19N3O/c1-4-14-15(8-5-11(3)19-14)20-12-6-7-13(16(17)18)10(2)9-12/h5-9H,4H2,1-3H3,(H3,17,18). The quantitative estimate of drug-likeness (QED) is 0.660. The van der Waals surface area contributed by atoms with Gasteiger partial charge in [-0.15, -0.1) is 0 Å². The highest BCUT2D eigenvalue weighted by atomic mass is 16.5. The normalized spacial score (nSPS) is 10.3. The Morgan fingerprint density at radius 1 is 1.25 bits per heavy atom. The maximum Gasteiger partial charge on any atom is 0.148 e. The lowest BCUT2D eigenvalue weighted by atomic mass is 10.1. The third kappa shape index (κ3) is 2.96. The van der Waals surface area contributed by atoms with Crippen molar-refractivity contribution in [3.63, 3.8) is 0 Å². The molecule has 104 valence electrons. The molecule has 0 bridgehead atoms. The number of benzene rings is 1. The number of nitrogens with zero attached hydrogens (tertiary/aromatic N) is 1. The number of pyridine rings is 1. The minimum Gasteiger partial charge on any atom is -0.455 e. The van der Waals surface area contributed by atoms with E-state index in [1.54, 1.807) is 6.07 Å². The maximum atomic E-state index is 7.48. The van der Waals surface area contributed by atoms with E-state index in [9.17, 15) is 0 Å². The molecule has 0 fully saturated rings. The van der Waals surface area contributed by atoms with Gasteiger partial charge in [-0.3, -0.25) is 10.4 Å². The molecule has 0 saturated carbocycles. The summed E-state index contributed by atoms with van der Waals surface area (Å²) in [4.78, 5) is 4.48. The van der Waals surface area contributed by atoms with E-state index in [0.29, 0.717) is 0 Å². The molecule has 0 aliphatic carbocycles. The number of aryl methyl sites for hydroxylation is 3. The summed E-state index contributed by atoms with van der Waals surface area (Å²) >= 11 is 0. The van der Waals surface area contributed by atoms with Crippen LogP contribution in [-0.4, -0.2) is 10.8 Å². The number of nitrogen functional groups attached to an aromatic ring is 1. The molecule has 0 aliphatic rings.